The minimum Gasteiger partial charge on any atom is -0.465 e. The van der Waals surface area contributed by atoms with Gasteiger partial charge in [-0.3, -0.25) is 14.4 Å². The van der Waals surface area contributed by atoms with Gasteiger partial charge in [0.15, 0.2) is 0 Å². The van der Waals surface area contributed by atoms with Crippen molar-refractivity contribution in [1.82, 2.24) is 9.80 Å². The summed E-state index contributed by atoms with van der Waals surface area (Å²) in [5, 5.41) is 25.6. The minimum atomic E-state index is -1.60. The van der Waals surface area contributed by atoms with Crippen molar-refractivity contribution >= 4 is 17.8 Å². The fourth-order valence-corrected chi connectivity index (χ4v) is 12.5. The predicted octanol–water partition coefficient (Wildman–Crippen LogP) is 15.0. The smallest absolute Gasteiger partial charge is 0.305 e. The number of allylic oxidation sites excluding steroid dienone is 1. The number of unbranched alkanes of at least 4 members (excludes halogenated alkanes) is 18. The number of carbonyl (C=O) groups excluding carboxylic acids is 3. The van der Waals surface area contributed by atoms with Gasteiger partial charge in [-0.05, 0) is 62.7 Å². The van der Waals surface area contributed by atoms with Crippen molar-refractivity contribution in [2.24, 2.45) is 29.6 Å². The van der Waals surface area contributed by atoms with Gasteiger partial charge in [0.1, 0.15) is 0 Å². The molecule has 5 atom stereocenters. The van der Waals surface area contributed by atoms with Crippen molar-refractivity contribution in [3.63, 3.8) is 0 Å². The number of carbonyl (C=O) groups is 3. The number of aliphatic hydroxyl groups is 2. The van der Waals surface area contributed by atoms with Crippen LogP contribution in [0.1, 0.15) is 266 Å². The Bertz CT molecular complexity index is 1450. The standard InChI is InChI=1S/C62H112N2O7/c1-7-13-17-21-25-35-52(36-26-22-18-14-8-2)39-29-31-43-58(66)70-48-55-47-54-41-33-45-61(68)50-64(57(65)42-34-46-63(11-5)12-6)51-62(69,60(54)61)56(55)49-71-59(67)44-32-30-40-53(37-27-23-19-15-9-3)38-28-24-20-16-10-4/h33,41,47,52-53,55-56,60,68-69H,7-32,34-40,42-46,48-51H2,1-6H3. The summed E-state index contributed by atoms with van der Waals surface area (Å²) in [6.07, 6.45) is 45.0. The zero-order valence-electron chi connectivity index (χ0n) is 47.1. The van der Waals surface area contributed by atoms with E-state index < -0.39 is 29.0 Å². The second-order valence-corrected chi connectivity index (χ2v) is 22.9. The van der Waals surface area contributed by atoms with Gasteiger partial charge in [-0.1, -0.05) is 240 Å². The van der Waals surface area contributed by atoms with Gasteiger partial charge in [-0.25, -0.2) is 0 Å². The highest BCUT2D eigenvalue weighted by Gasteiger charge is 2.63. The Hall–Kier alpha value is -2.23. The van der Waals surface area contributed by atoms with Crippen LogP contribution in [0.2, 0.25) is 0 Å². The van der Waals surface area contributed by atoms with Crippen LogP contribution in [0.25, 0.3) is 0 Å². The Morgan fingerprint density at radius 3 is 1.46 bits per heavy atom. The van der Waals surface area contributed by atoms with Crippen molar-refractivity contribution in [2.75, 3.05) is 45.9 Å². The fourth-order valence-electron chi connectivity index (χ4n) is 12.5. The number of rotatable bonds is 44. The zero-order valence-corrected chi connectivity index (χ0v) is 47.1. The topological polar surface area (TPSA) is 117 Å². The molecule has 2 N–H and O–H groups in total. The van der Waals surface area contributed by atoms with E-state index >= 15 is 0 Å². The maximum Gasteiger partial charge on any atom is 0.305 e. The van der Waals surface area contributed by atoms with Gasteiger partial charge in [0.05, 0.1) is 37.5 Å². The summed E-state index contributed by atoms with van der Waals surface area (Å²) >= 11 is 0. The van der Waals surface area contributed by atoms with Crippen molar-refractivity contribution in [3.05, 3.63) is 23.8 Å². The van der Waals surface area contributed by atoms with Crippen LogP contribution in [0, 0.1) is 29.6 Å². The summed E-state index contributed by atoms with van der Waals surface area (Å²) in [4.78, 5) is 45.1. The minimum absolute atomic E-state index is 0.0264. The number of likely N-dealkylation sites (tertiary alicyclic amines) is 1. The molecule has 1 saturated heterocycles. The first-order valence-electron chi connectivity index (χ1n) is 30.6. The van der Waals surface area contributed by atoms with Gasteiger partial charge in [0.25, 0.3) is 0 Å². The number of piperidine rings is 1. The largest absolute Gasteiger partial charge is 0.465 e. The average molecular weight is 998 g/mol. The molecule has 0 spiro atoms. The summed E-state index contributed by atoms with van der Waals surface area (Å²) in [5.74, 6) is -0.994. The van der Waals surface area contributed by atoms with Gasteiger partial charge in [-0.15, -0.1) is 0 Å². The molecule has 1 aliphatic heterocycles. The average Bonchev–Trinajstić information content (AvgIpc) is 3.35. The highest BCUT2D eigenvalue weighted by molar-refractivity contribution is 5.77. The summed E-state index contributed by atoms with van der Waals surface area (Å²) in [6, 6.07) is 0. The molecule has 9 heteroatoms. The zero-order chi connectivity index (χ0) is 51.6. The Labute approximate surface area is 436 Å². The highest BCUT2D eigenvalue weighted by Crippen LogP contribution is 2.53. The molecule has 1 amide bonds. The van der Waals surface area contributed by atoms with Gasteiger partial charge < -0.3 is 29.5 Å². The molecule has 412 valence electrons. The van der Waals surface area contributed by atoms with E-state index in [1.54, 1.807) is 4.90 Å². The van der Waals surface area contributed by atoms with Crippen LogP contribution in [0.3, 0.4) is 0 Å². The Morgan fingerprint density at radius 2 is 1.01 bits per heavy atom. The molecule has 3 rings (SSSR count). The lowest BCUT2D eigenvalue weighted by Gasteiger charge is -2.60. The van der Waals surface area contributed by atoms with Gasteiger partial charge in [0.2, 0.25) is 5.91 Å². The van der Waals surface area contributed by atoms with Crippen LogP contribution in [-0.4, -0.2) is 95.0 Å². The normalized spacial score (nSPS) is 21.8. The number of hydrogen-bond donors (Lipinski definition) is 2. The summed E-state index contributed by atoms with van der Waals surface area (Å²) in [5.41, 5.74) is -2.17. The molecule has 1 heterocycles. The highest BCUT2D eigenvalue weighted by atomic mass is 16.5. The number of esters is 2. The molecule has 0 aromatic carbocycles. The number of ether oxygens (including phenoxy) is 2. The summed E-state index contributed by atoms with van der Waals surface area (Å²) < 4.78 is 12.2. The van der Waals surface area contributed by atoms with Crippen LogP contribution < -0.4 is 0 Å². The van der Waals surface area contributed by atoms with E-state index in [-0.39, 0.29) is 44.1 Å². The molecule has 5 unspecified atom stereocenters. The molecule has 9 nitrogen and oxygen atoms in total. The predicted molar refractivity (Wildman–Crippen MR) is 295 cm³/mol. The third kappa shape index (κ3) is 23.9. The molecule has 0 aromatic heterocycles. The van der Waals surface area contributed by atoms with Crippen molar-refractivity contribution in [3.8, 4) is 0 Å². The molecule has 0 aromatic rings. The first-order chi connectivity index (χ1) is 34.5. The molecular weight excluding hydrogens is 885 g/mol. The first-order valence-corrected chi connectivity index (χ1v) is 30.6. The quantitative estimate of drug-likeness (QED) is 0.0458. The van der Waals surface area contributed by atoms with Gasteiger partial charge in [-0.2, -0.15) is 0 Å². The summed E-state index contributed by atoms with van der Waals surface area (Å²) in [6.45, 7) is 16.1. The van der Waals surface area contributed by atoms with Crippen molar-refractivity contribution < 1.29 is 34.1 Å². The Balaban J connectivity index is 1.70. The number of β-amino-alcohol motifs (C(OH)–C–C–N with tert-alkyl or cyclic N) is 2. The van der Waals surface area contributed by atoms with Crippen LogP contribution in [-0.2, 0) is 23.9 Å². The van der Waals surface area contributed by atoms with E-state index in [1.807, 2.05) is 18.2 Å². The Kier molecular flexibility index (Phi) is 33.3. The second-order valence-electron chi connectivity index (χ2n) is 22.9. The van der Waals surface area contributed by atoms with Gasteiger partial charge in [0, 0.05) is 37.0 Å². The van der Waals surface area contributed by atoms with E-state index in [1.165, 1.54) is 154 Å². The molecule has 0 saturated carbocycles. The van der Waals surface area contributed by atoms with E-state index in [9.17, 15) is 24.6 Å². The fraction of sp³-hybridized carbons (Fsp3) is 0.887. The van der Waals surface area contributed by atoms with Crippen LogP contribution in [0.15, 0.2) is 23.8 Å². The molecule has 0 bridgehead atoms. The van der Waals surface area contributed by atoms with Crippen LogP contribution >= 0.6 is 0 Å². The van der Waals surface area contributed by atoms with Crippen molar-refractivity contribution in [1.29, 1.82) is 0 Å². The molecule has 71 heavy (non-hydrogen) atoms. The SMILES string of the molecule is CCCCCCCC(CCCCCCC)CCCCC(=O)OCC1C=C2C=CCC3(O)CN(C(=O)CCCN(CC)CC)CC(O)(C1COC(=O)CCCCC(CCCCCCC)CCCCCCC)C23. The van der Waals surface area contributed by atoms with E-state index in [0.29, 0.717) is 38.0 Å². The van der Waals surface area contributed by atoms with Crippen molar-refractivity contribution in [2.45, 2.75) is 277 Å². The van der Waals surface area contributed by atoms with Crippen LogP contribution in [0.4, 0.5) is 0 Å². The lowest BCUT2D eigenvalue weighted by Crippen LogP contribution is -2.72. The Morgan fingerprint density at radius 1 is 0.577 bits per heavy atom. The maximum absolute atomic E-state index is 14.0. The molecular formula is C62H112N2O7. The van der Waals surface area contributed by atoms with E-state index in [0.717, 1.165) is 69.7 Å². The monoisotopic (exact) mass is 997 g/mol. The molecule has 1 fully saturated rings. The van der Waals surface area contributed by atoms with Crippen LogP contribution in [0.5, 0.6) is 0 Å². The molecule has 3 aliphatic rings. The lowest BCUT2D eigenvalue weighted by molar-refractivity contribution is -0.214. The second kappa shape index (κ2) is 37.5. The van der Waals surface area contributed by atoms with E-state index in [4.69, 9.17) is 9.47 Å². The number of nitrogens with zero attached hydrogens (tertiary/aromatic N) is 2. The molecule has 0 radical (unpaired) electrons. The van der Waals surface area contributed by atoms with E-state index in [2.05, 4.69) is 46.4 Å². The first kappa shape index (κ1) is 63.1. The van der Waals surface area contributed by atoms with Gasteiger partial charge >= 0.3 is 11.9 Å². The molecule has 2 aliphatic carbocycles. The number of hydrogen-bond acceptors (Lipinski definition) is 8. The third-order valence-electron chi connectivity index (χ3n) is 16.9. The maximum atomic E-state index is 14.0. The lowest BCUT2D eigenvalue weighted by atomic mass is 9.55. The summed E-state index contributed by atoms with van der Waals surface area (Å²) in [7, 11) is 0. The number of amides is 1. The third-order valence-corrected chi connectivity index (χ3v) is 16.9.